The number of epoxide rings is 1. The molecule has 0 saturated carbocycles. The number of carbonyl (C=O) groups is 1. The quantitative estimate of drug-likeness (QED) is 0.798. The Morgan fingerprint density at radius 1 is 1.05 bits per heavy atom. The van der Waals surface area contributed by atoms with Gasteiger partial charge in [0, 0.05) is 7.05 Å². The predicted octanol–water partition coefficient (Wildman–Crippen LogP) is 2.63. The van der Waals surface area contributed by atoms with Crippen molar-refractivity contribution in [1.29, 1.82) is 0 Å². The van der Waals surface area contributed by atoms with Gasteiger partial charge in [-0.25, -0.2) is 0 Å². The van der Waals surface area contributed by atoms with Crippen LogP contribution >= 0.6 is 0 Å². The van der Waals surface area contributed by atoms with Crippen molar-refractivity contribution in [2.24, 2.45) is 0 Å². The summed E-state index contributed by atoms with van der Waals surface area (Å²) in [6.45, 7) is 0.541. The first-order valence-electron chi connectivity index (χ1n) is 6.75. The third-order valence-electron chi connectivity index (χ3n) is 3.57. The van der Waals surface area contributed by atoms with Crippen molar-refractivity contribution in [2.75, 3.05) is 13.7 Å². The number of amides is 1. The molecule has 3 rings (SSSR count). The molecule has 0 aliphatic carbocycles. The second kappa shape index (κ2) is 5.47. The van der Waals surface area contributed by atoms with E-state index in [-0.39, 0.29) is 18.1 Å². The number of ether oxygens (including phenoxy) is 1. The minimum atomic E-state index is -0.255. The number of hydrogen-bond acceptors (Lipinski definition) is 2. The van der Waals surface area contributed by atoms with Gasteiger partial charge in [0.2, 0.25) is 0 Å². The summed E-state index contributed by atoms with van der Waals surface area (Å²) >= 11 is 0. The zero-order valence-corrected chi connectivity index (χ0v) is 11.4. The van der Waals surface area contributed by atoms with Crippen LogP contribution in [0.2, 0.25) is 0 Å². The van der Waals surface area contributed by atoms with E-state index < -0.39 is 0 Å². The highest BCUT2D eigenvalue weighted by Crippen LogP contribution is 2.29. The molecule has 1 unspecified atom stereocenters. The van der Waals surface area contributed by atoms with Gasteiger partial charge >= 0.3 is 0 Å². The van der Waals surface area contributed by atoms with Gasteiger partial charge in [-0.1, -0.05) is 60.7 Å². The first-order chi connectivity index (χ1) is 9.77. The van der Waals surface area contributed by atoms with Gasteiger partial charge in [-0.15, -0.1) is 0 Å². The minimum absolute atomic E-state index is 0.0442. The summed E-state index contributed by atoms with van der Waals surface area (Å²) in [6, 6.07) is 20.1. The molecule has 0 spiro atoms. The van der Waals surface area contributed by atoms with E-state index in [4.69, 9.17) is 4.74 Å². The molecule has 0 bridgehead atoms. The van der Waals surface area contributed by atoms with Crippen molar-refractivity contribution in [3.05, 3.63) is 71.8 Å². The lowest BCUT2D eigenvalue weighted by Gasteiger charge is -2.28. The maximum atomic E-state index is 12.3. The molecule has 102 valence electrons. The van der Waals surface area contributed by atoms with Gasteiger partial charge in [0.1, 0.15) is 0 Å². The topological polar surface area (TPSA) is 32.8 Å². The highest BCUT2D eigenvalue weighted by molar-refractivity contribution is 5.83. The lowest BCUT2D eigenvalue weighted by Crippen LogP contribution is -2.35. The van der Waals surface area contributed by atoms with Crippen LogP contribution in [0, 0.1) is 0 Å². The summed E-state index contributed by atoms with van der Waals surface area (Å²) in [5, 5.41) is 0. The van der Waals surface area contributed by atoms with Crippen LogP contribution in [0.5, 0.6) is 0 Å². The Balaban J connectivity index is 1.97. The molecule has 20 heavy (non-hydrogen) atoms. The number of likely N-dealkylation sites (N-methyl/N-ethyl adjacent to an activating group) is 1. The molecule has 2 aromatic rings. The predicted molar refractivity (Wildman–Crippen MR) is 77.2 cm³/mol. The van der Waals surface area contributed by atoms with Crippen LogP contribution in [0.1, 0.15) is 17.2 Å². The molecular weight excluding hydrogens is 250 g/mol. The molecule has 0 aromatic heterocycles. The molecule has 1 saturated heterocycles. The second-order valence-corrected chi connectivity index (χ2v) is 5.00. The minimum Gasteiger partial charge on any atom is -0.363 e. The fourth-order valence-electron chi connectivity index (χ4n) is 2.46. The summed E-state index contributed by atoms with van der Waals surface area (Å²) in [5.74, 6) is 0.0442. The maximum Gasteiger partial charge on any atom is 0.254 e. The van der Waals surface area contributed by atoms with Gasteiger partial charge in [-0.3, -0.25) is 4.79 Å². The second-order valence-electron chi connectivity index (χ2n) is 5.00. The fraction of sp³-hybridized carbons (Fsp3) is 0.235. The molecule has 0 N–H and O–H groups in total. The van der Waals surface area contributed by atoms with Crippen LogP contribution in [0.3, 0.4) is 0 Å². The van der Waals surface area contributed by atoms with Crippen molar-refractivity contribution in [3.8, 4) is 0 Å². The van der Waals surface area contributed by atoms with Crippen molar-refractivity contribution < 1.29 is 9.53 Å². The summed E-state index contributed by atoms with van der Waals surface area (Å²) in [7, 11) is 1.84. The van der Waals surface area contributed by atoms with Crippen LogP contribution < -0.4 is 0 Å². The van der Waals surface area contributed by atoms with Crippen molar-refractivity contribution in [1.82, 2.24) is 4.90 Å². The smallest absolute Gasteiger partial charge is 0.254 e. The Kier molecular flexibility index (Phi) is 3.52. The monoisotopic (exact) mass is 267 g/mol. The lowest BCUT2D eigenvalue weighted by molar-refractivity contribution is -0.132. The van der Waals surface area contributed by atoms with Gasteiger partial charge in [-0.2, -0.15) is 0 Å². The van der Waals surface area contributed by atoms with E-state index in [9.17, 15) is 4.79 Å². The molecule has 1 aliphatic rings. The SMILES string of the molecule is CN(C(=O)C1CO1)C(c1ccccc1)c1ccccc1. The fourth-order valence-corrected chi connectivity index (χ4v) is 2.46. The molecule has 1 amide bonds. The summed E-state index contributed by atoms with van der Waals surface area (Å²) in [6.07, 6.45) is -0.255. The Labute approximate surface area is 118 Å². The van der Waals surface area contributed by atoms with E-state index in [0.29, 0.717) is 6.61 Å². The molecule has 1 heterocycles. The van der Waals surface area contributed by atoms with E-state index in [1.807, 2.05) is 43.4 Å². The van der Waals surface area contributed by atoms with E-state index >= 15 is 0 Å². The average molecular weight is 267 g/mol. The zero-order valence-electron chi connectivity index (χ0n) is 11.4. The normalized spacial score (nSPS) is 17.0. The first-order valence-corrected chi connectivity index (χ1v) is 6.75. The van der Waals surface area contributed by atoms with Crippen molar-refractivity contribution in [2.45, 2.75) is 12.1 Å². The average Bonchev–Trinajstić information content (AvgIpc) is 3.33. The first kappa shape index (κ1) is 12.9. The third kappa shape index (κ3) is 2.58. The molecule has 1 atom stereocenters. The van der Waals surface area contributed by atoms with Crippen molar-refractivity contribution >= 4 is 5.91 Å². The zero-order chi connectivity index (χ0) is 13.9. The number of benzene rings is 2. The molecular formula is C17H17NO2. The molecule has 3 heteroatoms. The van der Waals surface area contributed by atoms with E-state index in [1.54, 1.807) is 4.90 Å². The Bertz CT molecular complexity index is 539. The Hall–Kier alpha value is -2.13. The van der Waals surface area contributed by atoms with E-state index in [0.717, 1.165) is 11.1 Å². The lowest BCUT2D eigenvalue weighted by atomic mass is 9.97. The Morgan fingerprint density at radius 2 is 1.50 bits per heavy atom. The highest BCUT2D eigenvalue weighted by atomic mass is 16.6. The van der Waals surface area contributed by atoms with Crippen molar-refractivity contribution in [3.63, 3.8) is 0 Å². The van der Waals surface area contributed by atoms with Gasteiger partial charge in [0.25, 0.3) is 5.91 Å². The molecule has 0 radical (unpaired) electrons. The number of carbonyl (C=O) groups excluding carboxylic acids is 1. The largest absolute Gasteiger partial charge is 0.363 e. The van der Waals surface area contributed by atoms with E-state index in [2.05, 4.69) is 24.3 Å². The number of hydrogen-bond donors (Lipinski definition) is 0. The van der Waals surface area contributed by atoms with Crippen LogP contribution in [0.15, 0.2) is 60.7 Å². The molecule has 2 aromatic carbocycles. The maximum absolute atomic E-state index is 12.3. The van der Waals surface area contributed by atoms with E-state index in [1.165, 1.54) is 0 Å². The molecule has 1 aliphatic heterocycles. The van der Waals surface area contributed by atoms with Gasteiger partial charge in [-0.05, 0) is 11.1 Å². The van der Waals surface area contributed by atoms with Crippen LogP contribution in [-0.2, 0) is 9.53 Å². The summed E-state index contributed by atoms with van der Waals surface area (Å²) < 4.78 is 5.12. The third-order valence-corrected chi connectivity index (χ3v) is 3.57. The standard InChI is InChI=1S/C17H17NO2/c1-18(17(19)15-12-20-15)16(13-8-4-2-5-9-13)14-10-6-3-7-11-14/h2-11,15-16H,12H2,1H3. The van der Waals surface area contributed by atoms with Crippen LogP contribution in [-0.4, -0.2) is 30.6 Å². The summed E-state index contributed by atoms with van der Waals surface area (Å²) in [4.78, 5) is 14.1. The van der Waals surface area contributed by atoms with Gasteiger partial charge in [0.15, 0.2) is 6.10 Å². The van der Waals surface area contributed by atoms with Gasteiger partial charge < -0.3 is 9.64 Å². The van der Waals surface area contributed by atoms with Crippen LogP contribution in [0.4, 0.5) is 0 Å². The Morgan fingerprint density at radius 3 is 1.90 bits per heavy atom. The van der Waals surface area contributed by atoms with Gasteiger partial charge in [0.05, 0.1) is 12.6 Å². The summed E-state index contributed by atoms with van der Waals surface area (Å²) in [5.41, 5.74) is 2.21. The highest BCUT2D eigenvalue weighted by Gasteiger charge is 2.36. The molecule has 3 nitrogen and oxygen atoms in total. The number of rotatable bonds is 4. The molecule has 1 fully saturated rings. The van der Waals surface area contributed by atoms with Crippen LogP contribution in [0.25, 0.3) is 0 Å². The number of nitrogens with zero attached hydrogens (tertiary/aromatic N) is 1.